The molecule has 0 spiro atoms. The van der Waals surface area contributed by atoms with Crippen LogP contribution in [0.25, 0.3) is 0 Å². The Balaban J connectivity index is 1.78. The molecule has 6 aliphatic rings. The van der Waals surface area contributed by atoms with Crippen LogP contribution in [0.4, 0.5) is 0 Å². The Morgan fingerprint density at radius 3 is 1.93 bits per heavy atom. The number of fused-ring (bicyclic) bond motifs is 4. The molecule has 2 saturated heterocycles. The molecule has 0 unspecified atom stereocenters. The van der Waals surface area contributed by atoms with E-state index in [1.54, 1.807) is 13.8 Å². The molecule has 0 aromatic rings. The first-order valence-corrected chi connectivity index (χ1v) is 10.4. The number of aliphatic hydroxyl groups is 7. The van der Waals surface area contributed by atoms with Crippen molar-refractivity contribution in [3.63, 3.8) is 0 Å². The van der Waals surface area contributed by atoms with Crippen LogP contribution in [-0.2, 0) is 9.47 Å². The van der Waals surface area contributed by atoms with Crippen LogP contribution < -0.4 is 0 Å². The summed E-state index contributed by atoms with van der Waals surface area (Å²) >= 11 is 0. The van der Waals surface area contributed by atoms with Gasteiger partial charge in [0.25, 0.3) is 0 Å². The van der Waals surface area contributed by atoms with Crippen LogP contribution in [0, 0.1) is 17.3 Å². The summed E-state index contributed by atoms with van der Waals surface area (Å²) < 4.78 is 12.2. The van der Waals surface area contributed by atoms with E-state index in [-0.39, 0.29) is 25.2 Å². The van der Waals surface area contributed by atoms with Crippen molar-refractivity contribution in [3.8, 4) is 0 Å². The smallest absolute Gasteiger partial charge is 0.207 e. The lowest BCUT2D eigenvalue weighted by atomic mass is 9.44. The van der Waals surface area contributed by atoms with Crippen molar-refractivity contribution in [2.45, 2.75) is 105 Å². The van der Waals surface area contributed by atoms with E-state index < -0.39 is 62.1 Å². The van der Waals surface area contributed by atoms with E-state index in [2.05, 4.69) is 0 Å². The molecule has 2 heterocycles. The van der Waals surface area contributed by atoms with E-state index in [9.17, 15) is 35.7 Å². The maximum atomic E-state index is 12.1. The van der Waals surface area contributed by atoms with Crippen molar-refractivity contribution < 1.29 is 45.2 Å². The topological polar surface area (TPSA) is 160 Å². The van der Waals surface area contributed by atoms with Crippen molar-refractivity contribution >= 4 is 0 Å². The molecule has 11 atom stereocenters. The lowest BCUT2D eigenvalue weighted by Gasteiger charge is -2.70. The summed E-state index contributed by atoms with van der Waals surface area (Å²) in [5.74, 6) is -5.62. The van der Waals surface area contributed by atoms with Crippen molar-refractivity contribution in [3.05, 3.63) is 0 Å². The summed E-state index contributed by atoms with van der Waals surface area (Å²) in [6.07, 6.45) is -0.516. The maximum absolute atomic E-state index is 12.1. The van der Waals surface area contributed by atoms with Gasteiger partial charge in [0.15, 0.2) is 22.6 Å². The number of rotatable bonds is 1. The molecule has 9 nitrogen and oxygen atoms in total. The molecule has 6 fully saturated rings. The predicted octanol–water partition coefficient (Wildman–Crippen LogP) is -1.90. The van der Waals surface area contributed by atoms with Gasteiger partial charge in [-0.05, 0) is 26.7 Å². The van der Waals surface area contributed by atoms with E-state index in [4.69, 9.17) is 9.47 Å². The molecule has 9 heteroatoms. The fourth-order valence-electron chi connectivity index (χ4n) is 9.28. The highest BCUT2D eigenvalue weighted by atomic mass is 16.8. The normalized spacial score (nSPS) is 76.2. The minimum Gasteiger partial charge on any atom is -0.387 e. The van der Waals surface area contributed by atoms with E-state index >= 15 is 0 Å². The summed E-state index contributed by atoms with van der Waals surface area (Å²) in [5, 5.41) is 83.0. The Labute approximate surface area is 167 Å². The first-order valence-electron chi connectivity index (χ1n) is 10.4. The van der Waals surface area contributed by atoms with E-state index in [1.165, 1.54) is 20.8 Å². The highest BCUT2D eigenvalue weighted by molar-refractivity contribution is 5.60. The number of ether oxygens (including phenoxy) is 2. The maximum Gasteiger partial charge on any atom is 0.207 e. The van der Waals surface area contributed by atoms with Gasteiger partial charge in [0.1, 0.15) is 16.8 Å². The number of hydrogen-bond acceptors (Lipinski definition) is 9. The summed E-state index contributed by atoms with van der Waals surface area (Å²) in [6.45, 7) is 7.67. The number of hydrogen-bond donors (Lipinski definition) is 7. The second-order valence-electron chi connectivity index (χ2n) is 11.4. The van der Waals surface area contributed by atoms with Gasteiger partial charge < -0.3 is 45.2 Å². The molecule has 164 valence electrons. The van der Waals surface area contributed by atoms with Crippen LogP contribution in [0.5, 0.6) is 0 Å². The summed E-state index contributed by atoms with van der Waals surface area (Å²) in [6, 6.07) is 0. The third-order valence-corrected chi connectivity index (χ3v) is 10.6. The van der Waals surface area contributed by atoms with Gasteiger partial charge in [0.2, 0.25) is 5.79 Å². The first-order chi connectivity index (χ1) is 12.9. The van der Waals surface area contributed by atoms with Gasteiger partial charge >= 0.3 is 0 Å². The quantitative estimate of drug-likeness (QED) is 0.260. The molecule has 0 aromatic carbocycles. The Morgan fingerprint density at radius 2 is 1.38 bits per heavy atom. The predicted molar refractivity (Wildman–Crippen MR) is 93.9 cm³/mol. The van der Waals surface area contributed by atoms with Crippen molar-refractivity contribution in [2.75, 3.05) is 0 Å². The second kappa shape index (κ2) is 3.93. The lowest BCUT2D eigenvalue weighted by molar-refractivity contribution is -0.438. The summed E-state index contributed by atoms with van der Waals surface area (Å²) in [7, 11) is 0. The van der Waals surface area contributed by atoms with Gasteiger partial charge in [0, 0.05) is 17.8 Å². The van der Waals surface area contributed by atoms with Crippen LogP contribution in [0.15, 0.2) is 0 Å². The van der Waals surface area contributed by atoms with E-state index in [0.717, 1.165) is 0 Å². The molecular weight excluding hydrogens is 384 g/mol. The SMILES string of the molecule is CC(C)[C@]12C[C@@]3(O)[C@@]4(C)[C@@H]5[C@@](O)([C@@]3(O)[C@](C)(O1)[C@]5(O)O2)[C@@]1(O)[C@]4(O)CC[C@@]1(C)O. The molecule has 6 rings (SSSR count). The highest BCUT2D eigenvalue weighted by Gasteiger charge is 3.13. The van der Waals surface area contributed by atoms with E-state index in [1.807, 2.05) is 0 Å². The minimum absolute atomic E-state index is 0.0665. The fraction of sp³-hybridized carbons (Fsp3) is 1.00. The average molecular weight is 414 g/mol. The Bertz CT molecular complexity index is 893. The van der Waals surface area contributed by atoms with Crippen LogP contribution >= 0.6 is 0 Å². The molecule has 6 bridgehead atoms. The first kappa shape index (κ1) is 19.3. The van der Waals surface area contributed by atoms with Gasteiger partial charge in [-0.3, -0.25) is 0 Å². The summed E-state index contributed by atoms with van der Waals surface area (Å²) in [4.78, 5) is 0. The van der Waals surface area contributed by atoms with Gasteiger partial charge in [-0.1, -0.05) is 20.8 Å². The van der Waals surface area contributed by atoms with Crippen LogP contribution in [-0.4, -0.2) is 86.5 Å². The molecule has 0 radical (unpaired) electrons. The highest BCUT2D eigenvalue weighted by Crippen LogP contribution is 2.92. The Hall–Kier alpha value is -0.360. The van der Waals surface area contributed by atoms with Gasteiger partial charge in [-0.15, -0.1) is 0 Å². The lowest BCUT2D eigenvalue weighted by Crippen LogP contribution is -2.92. The molecule has 0 amide bonds. The molecule has 4 saturated carbocycles. The zero-order chi connectivity index (χ0) is 21.7. The van der Waals surface area contributed by atoms with Crippen LogP contribution in [0.2, 0.25) is 0 Å². The zero-order valence-electron chi connectivity index (χ0n) is 17.2. The Morgan fingerprint density at radius 1 is 0.793 bits per heavy atom. The third-order valence-electron chi connectivity index (χ3n) is 10.6. The van der Waals surface area contributed by atoms with Crippen LogP contribution in [0.3, 0.4) is 0 Å². The monoisotopic (exact) mass is 414 g/mol. The zero-order valence-corrected chi connectivity index (χ0v) is 17.2. The van der Waals surface area contributed by atoms with E-state index in [0.29, 0.717) is 0 Å². The molecule has 7 N–H and O–H groups in total. The molecule has 0 aromatic heterocycles. The largest absolute Gasteiger partial charge is 0.387 e. The van der Waals surface area contributed by atoms with Crippen molar-refractivity contribution in [1.82, 2.24) is 0 Å². The third kappa shape index (κ3) is 1.08. The van der Waals surface area contributed by atoms with Gasteiger partial charge in [-0.2, -0.15) is 0 Å². The van der Waals surface area contributed by atoms with Gasteiger partial charge in [-0.25, -0.2) is 0 Å². The minimum atomic E-state index is -2.70. The van der Waals surface area contributed by atoms with Crippen LogP contribution in [0.1, 0.15) is 53.9 Å². The van der Waals surface area contributed by atoms with Gasteiger partial charge in [0.05, 0.1) is 11.5 Å². The van der Waals surface area contributed by atoms with Crippen molar-refractivity contribution in [1.29, 1.82) is 0 Å². The van der Waals surface area contributed by atoms with Crippen molar-refractivity contribution in [2.24, 2.45) is 17.3 Å². The molecular formula is C20H30O9. The molecule has 2 aliphatic heterocycles. The fourth-order valence-corrected chi connectivity index (χ4v) is 9.28. The second-order valence-corrected chi connectivity index (χ2v) is 11.4. The summed E-state index contributed by atoms with van der Waals surface area (Å²) in [5.41, 5.74) is -18.1. The average Bonchev–Trinajstić information content (AvgIpc) is 3.05. The molecule has 4 aliphatic carbocycles. The molecule has 29 heavy (non-hydrogen) atoms. The Kier molecular flexibility index (Phi) is 2.62. The standard InChI is InChI=1S/C20H30O9/c1-9(2)14-8-16(23)12(4)10-17(24,19(26)11(3,21)6-7-15(12,19)22)20(16,27)13(5,28-14)18(10,25)29-14/h9-10,21-27H,6-8H2,1-5H3/t10-,11-,12+,13-,14-,15+,16-,17+,18-,19+,20-/m1/s1.